The minimum Gasteiger partial charge on any atom is -0.302 e. The van der Waals surface area contributed by atoms with Crippen LogP contribution in [0.2, 0.25) is 0 Å². The average Bonchev–Trinajstić information content (AvgIpc) is 3.12. The number of guanidine groups is 1. The lowest BCUT2D eigenvalue weighted by Crippen LogP contribution is -2.64. The predicted molar refractivity (Wildman–Crippen MR) is 94.6 cm³/mol. The third-order valence-corrected chi connectivity index (χ3v) is 4.78. The van der Waals surface area contributed by atoms with Gasteiger partial charge in [-0.3, -0.25) is 14.6 Å². The second kappa shape index (κ2) is 5.69. The first kappa shape index (κ1) is 16.3. The van der Waals surface area contributed by atoms with Crippen LogP contribution in [-0.2, 0) is 4.79 Å². The number of hydrogen-bond donors (Lipinski definition) is 0. The molecule has 4 rings (SSSR count). The zero-order valence-corrected chi connectivity index (χ0v) is 14.5. The van der Waals surface area contributed by atoms with Crippen LogP contribution in [0, 0.1) is 5.82 Å². The Labute approximate surface area is 150 Å². The molecule has 0 aromatic heterocycles. The summed E-state index contributed by atoms with van der Waals surface area (Å²) in [6, 6.07) is 5.05. The van der Waals surface area contributed by atoms with Gasteiger partial charge in [0.1, 0.15) is 5.82 Å². The Balaban J connectivity index is 1.73. The van der Waals surface area contributed by atoms with Crippen molar-refractivity contribution >= 4 is 23.6 Å². The van der Waals surface area contributed by atoms with Crippen LogP contribution in [0.25, 0.3) is 0 Å². The van der Waals surface area contributed by atoms with Crippen molar-refractivity contribution in [3.8, 4) is 0 Å². The summed E-state index contributed by atoms with van der Waals surface area (Å²) in [5, 5.41) is 0. The number of amides is 3. The molecule has 1 fully saturated rings. The minimum absolute atomic E-state index is 0.152. The third kappa shape index (κ3) is 2.15. The molecule has 3 aliphatic heterocycles. The number of aliphatic imine (C=N–C) groups is 1. The van der Waals surface area contributed by atoms with Gasteiger partial charge in [-0.25, -0.2) is 14.2 Å². The lowest BCUT2D eigenvalue weighted by Gasteiger charge is -2.39. The number of anilines is 1. The second-order valence-electron chi connectivity index (χ2n) is 6.41. The van der Waals surface area contributed by atoms with E-state index in [4.69, 9.17) is 0 Å². The number of rotatable bonds is 3. The summed E-state index contributed by atoms with van der Waals surface area (Å²) in [4.78, 5) is 36.3. The van der Waals surface area contributed by atoms with Crippen molar-refractivity contribution in [2.45, 2.75) is 19.1 Å². The maximum atomic E-state index is 13.3. The Morgan fingerprint density at radius 1 is 1.27 bits per heavy atom. The summed E-state index contributed by atoms with van der Waals surface area (Å²) in [5.74, 6) is -0.0756. The summed E-state index contributed by atoms with van der Waals surface area (Å²) in [6.45, 7) is 5.66. The van der Waals surface area contributed by atoms with E-state index in [9.17, 15) is 14.0 Å². The predicted octanol–water partition coefficient (Wildman–Crippen LogP) is 1.95. The Bertz CT molecular complexity index is 863. The summed E-state index contributed by atoms with van der Waals surface area (Å²) < 4.78 is 13.3. The number of urea groups is 1. The molecule has 26 heavy (non-hydrogen) atoms. The lowest BCUT2D eigenvalue weighted by atomic mass is 10.1. The topological polar surface area (TPSA) is 59.5 Å². The van der Waals surface area contributed by atoms with Gasteiger partial charge in [0, 0.05) is 31.2 Å². The zero-order valence-electron chi connectivity index (χ0n) is 14.5. The SMILES string of the molecule is C=CCN1C(=O)C2C(N=C3N(c4ccc(F)cc4)C(C)=CN32)N(C)C1=O. The standard InChI is InChI=1S/C18H18FN5O2/c1-4-9-22-16(25)14-15(21(3)18(22)26)20-17-23(14)10-11(2)24(17)13-7-5-12(19)6-8-13/h4-8,10,14-15H,1,9H2,2-3H3. The van der Waals surface area contributed by atoms with Gasteiger partial charge in [-0.2, -0.15) is 0 Å². The van der Waals surface area contributed by atoms with Crippen molar-refractivity contribution in [3.05, 3.63) is 54.6 Å². The van der Waals surface area contributed by atoms with E-state index in [-0.39, 0.29) is 18.3 Å². The smallest absolute Gasteiger partial charge is 0.302 e. The second-order valence-corrected chi connectivity index (χ2v) is 6.41. The molecule has 1 aromatic rings. The van der Waals surface area contributed by atoms with Crippen molar-refractivity contribution in [1.82, 2.24) is 14.7 Å². The average molecular weight is 355 g/mol. The van der Waals surface area contributed by atoms with Crippen molar-refractivity contribution < 1.29 is 14.0 Å². The van der Waals surface area contributed by atoms with E-state index in [2.05, 4.69) is 11.6 Å². The van der Waals surface area contributed by atoms with Gasteiger partial charge in [-0.15, -0.1) is 6.58 Å². The van der Waals surface area contributed by atoms with Gasteiger partial charge in [0.2, 0.25) is 5.96 Å². The number of halogens is 1. The quantitative estimate of drug-likeness (QED) is 0.778. The maximum absolute atomic E-state index is 13.3. The Hall–Kier alpha value is -3.16. The Kier molecular flexibility index (Phi) is 3.57. The van der Waals surface area contributed by atoms with E-state index in [1.54, 1.807) is 24.1 Å². The molecule has 0 spiro atoms. The number of hydrogen-bond acceptors (Lipinski definition) is 5. The molecule has 2 unspecified atom stereocenters. The molecule has 0 bridgehead atoms. The van der Waals surface area contributed by atoms with Gasteiger partial charge in [-0.05, 0) is 31.2 Å². The third-order valence-electron chi connectivity index (χ3n) is 4.78. The number of nitrogens with zero attached hydrogens (tertiary/aromatic N) is 5. The van der Waals surface area contributed by atoms with Crippen LogP contribution in [0.15, 0.2) is 53.8 Å². The van der Waals surface area contributed by atoms with Gasteiger partial charge < -0.3 is 9.80 Å². The molecule has 3 aliphatic rings. The van der Waals surface area contributed by atoms with Crippen LogP contribution >= 0.6 is 0 Å². The number of likely N-dealkylation sites (N-methyl/N-ethyl adjacent to an activating group) is 1. The molecule has 7 nitrogen and oxygen atoms in total. The molecule has 3 heterocycles. The first-order valence-corrected chi connectivity index (χ1v) is 8.23. The largest absolute Gasteiger partial charge is 0.328 e. The van der Waals surface area contributed by atoms with Crippen molar-refractivity contribution in [2.75, 3.05) is 18.5 Å². The number of imide groups is 1. The summed E-state index contributed by atoms with van der Waals surface area (Å²) in [6.07, 6.45) is 2.76. The highest BCUT2D eigenvalue weighted by atomic mass is 19.1. The normalized spacial score (nSPS) is 24.6. The fourth-order valence-electron chi connectivity index (χ4n) is 3.56. The fraction of sp³-hybridized carbons (Fsp3) is 0.278. The molecular weight excluding hydrogens is 337 g/mol. The Morgan fingerprint density at radius 2 is 1.96 bits per heavy atom. The maximum Gasteiger partial charge on any atom is 0.328 e. The lowest BCUT2D eigenvalue weighted by molar-refractivity contribution is -0.136. The molecule has 1 saturated heterocycles. The highest BCUT2D eigenvalue weighted by Crippen LogP contribution is 2.36. The number of allylic oxidation sites excluding steroid dienone is 1. The van der Waals surface area contributed by atoms with Crippen molar-refractivity contribution in [2.24, 2.45) is 4.99 Å². The van der Waals surface area contributed by atoms with E-state index in [1.807, 2.05) is 18.0 Å². The molecule has 0 N–H and O–H groups in total. The van der Waals surface area contributed by atoms with E-state index in [0.29, 0.717) is 5.96 Å². The van der Waals surface area contributed by atoms with Crippen LogP contribution in [0.3, 0.4) is 0 Å². The van der Waals surface area contributed by atoms with Crippen LogP contribution in [0.4, 0.5) is 14.9 Å². The molecule has 0 aliphatic carbocycles. The monoisotopic (exact) mass is 355 g/mol. The zero-order chi connectivity index (χ0) is 18.6. The molecule has 8 heteroatoms. The van der Waals surface area contributed by atoms with Crippen molar-refractivity contribution in [3.63, 3.8) is 0 Å². The molecule has 0 saturated carbocycles. The van der Waals surface area contributed by atoms with Crippen molar-refractivity contribution in [1.29, 1.82) is 0 Å². The Morgan fingerprint density at radius 3 is 2.62 bits per heavy atom. The number of fused-ring (bicyclic) bond motifs is 3. The van der Waals surface area contributed by atoms with E-state index < -0.39 is 18.2 Å². The molecular formula is C18H18FN5O2. The van der Waals surface area contributed by atoms with Gasteiger partial charge in [-0.1, -0.05) is 6.08 Å². The summed E-state index contributed by atoms with van der Waals surface area (Å²) in [7, 11) is 1.63. The van der Waals surface area contributed by atoms with E-state index in [0.717, 1.165) is 11.4 Å². The summed E-state index contributed by atoms with van der Waals surface area (Å²) >= 11 is 0. The molecule has 1 aromatic carbocycles. The van der Waals surface area contributed by atoms with E-state index >= 15 is 0 Å². The van der Waals surface area contributed by atoms with Gasteiger partial charge in [0.05, 0.1) is 0 Å². The highest BCUT2D eigenvalue weighted by molar-refractivity contribution is 6.09. The number of carbonyl (C=O) groups is 2. The molecule has 3 amide bonds. The van der Waals surface area contributed by atoms with Crippen LogP contribution in [0.5, 0.6) is 0 Å². The highest BCUT2D eigenvalue weighted by Gasteiger charge is 2.54. The first-order valence-electron chi connectivity index (χ1n) is 8.23. The van der Waals surface area contributed by atoms with Gasteiger partial charge >= 0.3 is 6.03 Å². The number of benzene rings is 1. The van der Waals surface area contributed by atoms with Crippen LogP contribution in [0.1, 0.15) is 6.92 Å². The molecule has 2 atom stereocenters. The van der Waals surface area contributed by atoms with Gasteiger partial charge in [0.15, 0.2) is 12.2 Å². The van der Waals surface area contributed by atoms with Crippen LogP contribution in [-0.4, -0.2) is 58.4 Å². The molecule has 0 radical (unpaired) electrons. The van der Waals surface area contributed by atoms with Crippen LogP contribution < -0.4 is 4.90 Å². The first-order chi connectivity index (χ1) is 12.4. The molecule has 134 valence electrons. The van der Waals surface area contributed by atoms with E-state index in [1.165, 1.54) is 28.0 Å². The summed E-state index contributed by atoms with van der Waals surface area (Å²) in [5.41, 5.74) is 1.60. The minimum atomic E-state index is -0.618. The fourth-order valence-corrected chi connectivity index (χ4v) is 3.56. The van der Waals surface area contributed by atoms with Gasteiger partial charge in [0.25, 0.3) is 5.91 Å². The number of carbonyl (C=O) groups excluding carboxylic acids is 2.